The third-order valence-corrected chi connectivity index (χ3v) is 3.34. The van der Waals surface area contributed by atoms with Gasteiger partial charge in [-0.3, -0.25) is 0 Å². The zero-order valence-electron chi connectivity index (χ0n) is 9.13. The molecule has 0 amide bonds. The summed E-state index contributed by atoms with van der Waals surface area (Å²) < 4.78 is 26.1. The third kappa shape index (κ3) is 2.79. The van der Waals surface area contributed by atoms with Crippen LogP contribution in [0.15, 0.2) is 18.2 Å². The first-order valence-electron chi connectivity index (χ1n) is 5.77. The molecule has 1 fully saturated rings. The van der Waals surface area contributed by atoms with Gasteiger partial charge in [-0.15, -0.1) is 0 Å². The highest BCUT2D eigenvalue weighted by Crippen LogP contribution is 2.28. The average molecular weight is 226 g/mol. The molecule has 0 radical (unpaired) electrons. The van der Waals surface area contributed by atoms with E-state index in [1.807, 2.05) is 0 Å². The molecule has 0 spiro atoms. The van der Waals surface area contributed by atoms with Gasteiger partial charge in [-0.1, -0.05) is 6.07 Å². The fourth-order valence-electron chi connectivity index (χ4n) is 2.35. The van der Waals surface area contributed by atoms with Crippen LogP contribution in [-0.4, -0.2) is 11.2 Å². The molecule has 1 nitrogen and oxygen atoms in total. The largest absolute Gasteiger partial charge is 0.393 e. The Labute approximate surface area is 94.1 Å². The lowest BCUT2D eigenvalue weighted by Crippen LogP contribution is -2.19. The lowest BCUT2D eigenvalue weighted by atomic mass is 9.83. The molecule has 0 atom stereocenters. The highest BCUT2D eigenvalue weighted by molar-refractivity contribution is 5.19. The van der Waals surface area contributed by atoms with Crippen molar-refractivity contribution in [1.82, 2.24) is 0 Å². The van der Waals surface area contributed by atoms with Crippen molar-refractivity contribution < 1.29 is 13.9 Å². The molecule has 0 bridgehead atoms. The topological polar surface area (TPSA) is 20.2 Å². The molecule has 1 aliphatic carbocycles. The number of benzene rings is 1. The van der Waals surface area contributed by atoms with Crippen LogP contribution in [0.1, 0.15) is 31.2 Å². The quantitative estimate of drug-likeness (QED) is 0.821. The maximum Gasteiger partial charge on any atom is 0.129 e. The first-order chi connectivity index (χ1) is 7.65. The van der Waals surface area contributed by atoms with Crippen molar-refractivity contribution in [2.75, 3.05) is 0 Å². The SMILES string of the molecule is OC1CCC(Cc2ccc(F)cc2F)CC1. The molecule has 1 saturated carbocycles. The van der Waals surface area contributed by atoms with E-state index in [1.54, 1.807) is 0 Å². The standard InChI is InChI=1S/C13H16F2O/c14-11-4-3-10(13(15)8-11)7-9-1-5-12(16)6-2-9/h3-4,8-9,12,16H,1-2,5-7H2. The van der Waals surface area contributed by atoms with E-state index in [2.05, 4.69) is 0 Å². The number of aliphatic hydroxyl groups is 1. The number of hydrogen-bond donors (Lipinski definition) is 1. The average Bonchev–Trinajstić information content (AvgIpc) is 2.25. The Bertz CT molecular complexity index is 357. The number of halogens is 2. The van der Waals surface area contributed by atoms with Crippen LogP contribution < -0.4 is 0 Å². The van der Waals surface area contributed by atoms with E-state index in [0.29, 0.717) is 17.9 Å². The minimum Gasteiger partial charge on any atom is -0.393 e. The molecular formula is C13H16F2O. The maximum atomic E-state index is 13.4. The minimum atomic E-state index is -0.527. The van der Waals surface area contributed by atoms with Gasteiger partial charge in [0.15, 0.2) is 0 Å². The van der Waals surface area contributed by atoms with Gasteiger partial charge < -0.3 is 5.11 Å². The lowest BCUT2D eigenvalue weighted by molar-refractivity contribution is 0.108. The zero-order valence-corrected chi connectivity index (χ0v) is 9.13. The second-order valence-electron chi connectivity index (χ2n) is 4.61. The highest BCUT2D eigenvalue weighted by atomic mass is 19.1. The summed E-state index contributed by atoms with van der Waals surface area (Å²) in [5.74, 6) is -0.560. The Morgan fingerprint density at radius 1 is 1.12 bits per heavy atom. The van der Waals surface area contributed by atoms with Gasteiger partial charge in [0.05, 0.1) is 6.10 Å². The predicted molar refractivity (Wildman–Crippen MR) is 58.0 cm³/mol. The van der Waals surface area contributed by atoms with E-state index in [4.69, 9.17) is 0 Å². The van der Waals surface area contributed by atoms with Crippen LogP contribution in [0.5, 0.6) is 0 Å². The predicted octanol–water partition coefficient (Wildman–Crippen LogP) is 3.06. The number of rotatable bonds is 2. The first-order valence-corrected chi connectivity index (χ1v) is 5.77. The van der Waals surface area contributed by atoms with E-state index in [1.165, 1.54) is 12.1 Å². The second kappa shape index (κ2) is 4.91. The van der Waals surface area contributed by atoms with E-state index in [0.717, 1.165) is 31.7 Å². The molecule has 1 aromatic rings. The van der Waals surface area contributed by atoms with Crippen LogP contribution in [0.25, 0.3) is 0 Å². The molecule has 1 aliphatic rings. The van der Waals surface area contributed by atoms with Gasteiger partial charge in [0.1, 0.15) is 11.6 Å². The molecular weight excluding hydrogens is 210 g/mol. The van der Waals surface area contributed by atoms with Gasteiger partial charge in [0.25, 0.3) is 0 Å². The Kier molecular flexibility index (Phi) is 3.54. The minimum absolute atomic E-state index is 0.186. The van der Waals surface area contributed by atoms with Crippen LogP contribution in [0.4, 0.5) is 8.78 Å². The molecule has 3 heteroatoms. The van der Waals surface area contributed by atoms with E-state index in [-0.39, 0.29) is 6.10 Å². The summed E-state index contributed by atoms with van der Waals surface area (Å²) in [7, 11) is 0. The molecule has 0 aliphatic heterocycles. The fourth-order valence-corrected chi connectivity index (χ4v) is 2.35. The molecule has 0 saturated heterocycles. The smallest absolute Gasteiger partial charge is 0.129 e. The summed E-state index contributed by atoms with van der Waals surface area (Å²) in [4.78, 5) is 0. The summed E-state index contributed by atoms with van der Waals surface area (Å²) in [6.45, 7) is 0. The maximum absolute atomic E-state index is 13.4. The zero-order chi connectivity index (χ0) is 11.5. The van der Waals surface area contributed by atoms with Gasteiger partial charge in [-0.05, 0) is 49.7 Å². The third-order valence-electron chi connectivity index (χ3n) is 3.34. The summed E-state index contributed by atoms with van der Waals surface area (Å²) in [5, 5.41) is 9.36. The molecule has 0 aromatic heterocycles. The Morgan fingerprint density at radius 3 is 2.44 bits per heavy atom. The lowest BCUT2D eigenvalue weighted by Gasteiger charge is -2.25. The molecule has 0 unspecified atom stereocenters. The molecule has 2 rings (SSSR count). The van der Waals surface area contributed by atoms with Crippen LogP contribution in [0.3, 0.4) is 0 Å². The summed E-state index contributed by atoms with van der Waals surface area (Å²) >= 11 is 0. The van der Waals surface area contributed by atoms with Gasteiger partial charge in [-0.25, -0.2) is 8.78 Å². The van der Waals surface area contributed by atoms with Crippen molar-refractivity contribution in [2.45, 2.75) is 38.2 Å². The van der Waals surface area contributed by atoms with Crippen LogP contribution in [0, 0.1) is 17.6 Å². The first kappa shape index (κ1) is 11.5. The molecule has 1 N–H and O–H groups in total. The second-order valence-corrected chi connectivity index (χ2v) is 4.61. The van der Waals surface area contributed by atoms with Gasteiger partial charge in [0.2, 0.25) is 0 Å². The van der Waals surface area contributed by atoms with E-state index < -0.39 is 11.6 Å². The van der Waals surface area contributed by atoms with Crippen molar-refractivity contribution in [2.24, 2.45) is 5.92 Å². The Balaban J connectivity index is 1.98. The van der Waals surface area contributed by atoms with Crippen molar-refractivity contribution in [3.8, 4) is 0 Å². The number of hydrogen-bond acceptors (Lipinski definition) is 1. The Morgan fingerprint density at radius 2 is 1.81 bits per heavy atom. The van der Waals surface area contributed by atoms with Crippen LogP contribution in [-0.2, 0) is 6.42 Å². The molecule has 16 heavy (non-hydrogen) atoms. The van der Waals surface area contributed by atoms with Crippen molar-refractivity contribution >= 4 is 0 Å². The number of aliphatic hydroxyl groups excluding tert-OH is 1. The molecule has 0 heterocycles. The van der Waals surface area contributed by atoms with Crippen molar-refractivity contribution in [1.29, 1.82) is 0 Å². The van der Waals surface area contributed by atoms with E-state index >= 15 is 0 Å². The van der Waals surface area contributed by atoms with Crippen molar-refractivity contribution in [3.05, 3.63) is 35.4 Å². The summed E-state index contributed by atoms with van der Waals surface area (Å²) in [6.07, 6.45) is 3.92. The molecule has 1 aromatic carbocycles. The van der Waals surface area contributed by atoms with Gasteiger partial charge >= 0.3 is 0 Å². The fraction of sp³-hybridized carbons (Fsp3) is 0.538. The summed E-state index contributed by atoms with van der Waals surface area (Å²) in [6, 6.07) is 3.76. The van der Waals surface area contributed by atoms with Gasteiger partial charge in [-0.2, -0.15) is 0 Å². The van der Waals surface area contributed by atoms with Crippen molar-refractivity contribution in [3.63, 3.8) is 0 Å². The van der Waals surface area contributed by atoms with Crippen LogP contribution >= 0.6 is 0 Å². The highest BCUT2D eigenvalue weighted by Gasteiger charge is 2.20. The molecule has 88 valence electrons. The Hall–Kier alpha value is -0.960. The summed E-state index contributed by atoms with van der Waals surface area (Å²) in [5.41, 5.74) is 0.586. The van der Waals surface area contributed by atoms with E-state index in [9.17, 15) is 13.9 Å². The van der Waals surface area contributed by atoms with Crippen LogP contribution in [0.2, 0.25) is 0 Å². The monoisotopic (exact) mass is 226 g/mol. The normalized spacial score (nSPS) is 25.7. The van der Waals surface area contributed by atoms with Gasteiger partial charge in [0, 0.05) is 6.07 Å².